The first kappa shape index (κ1) is 12.9. The third-order valence-corrected chi connectivity index (χ3v) is 4.68. The molecule has 0 aliphatic carbocycles. The molecule has 0 radical (unpaired) electrons. The van der Waals surface area contributed by atoms with Gasteiger partial charge < -0.3 is 5.32 Å². The lowest BCUT2D eigenvalue weighted by Gasteiger charge is -2.33. The molecule has 0 saturated heterocycles. The minimum atomic E-state index is -0.0497. The molecule has 1 aromatic rings. The molecule has 0 aromatic heterocycles. The fourth-order valence-electron chi connectivity index (χ4n) is 2.39. The first-order chi connectivity index (χ1) is 8.15. The molecule has 1 heterocycles. The maximum atomic E-state index is 14.1. The Morgan fingerprint density at radius 1 is 1.47 bits per heavy atom. The lowest BCUT2D eigenvalue weighted by atomic mass is 9.94. The molecule has 0 spiro atoms. The Kier molecular flexibility index (Phi) is 4.10. The van der Waals surface area contributed by atoms with Crippen LogP contribution in [0.1, 0.15) is 43.0 Å². The Morgan fingerprint density at radius 3 is 2.94 bits per heavy atom. The zero-order chi connectivity index (χ0) is 12.4. The maximum Gasteiger partial charge on any atom is 0.128 e. The quantitative estimate of drug-likeness (QED) is 0.879. The number of nitrogens with one attached hydrogen (secondary N) is 1. The molecule has 2 atom stereocenters. The van der Waals surface area contributed by atoms with Crippen LogP contribution in [0.2, 0.25) is 0 Å². The van der Waals surface area contributed by atoms with Crippen molar-refractivity contribution in [3.8, 4) is 0 Å². The number of rotatable bonds is 3. The van der Waals surface area contributed by atoms with E-state index in [-0.39, 0.29) is 11.9 Å². The summed E-state index contributed by atoms with van der Waals surface area (Å²) in [6, 6.07) is 3.66. The molecule has 1 N–H and O–H groups in total. The van der Waals surface area contributed by atoms with Crippen molar-refractivity contribution in [1.29, 1.82) is 0 Å². The van der Waals surface area contributed by atoms with E-state index in [1.807, 2.05) is 17.8 Å². The zero-order valence-corrected chi connectivity index (χ0v) is 11.5. The SMILES string of the molecule is CCCNC1c2c(F)ccc(C)c2CSC1C. The summed E-state index contributed by atoms with van der Waals surface area (Å²) in [5.74, 6) is 0.885. The van der Waals surface area contributed by atoms with Crippen LogP contribution in [0.15, 0.2) is 12.1 Å². The standard InChI is InChI=1S/C14H20FNS/c1-4-7-16-14-10(3)17-8-11-9(2)5-6-12(15)13(11)14/h5-6,10,14,16H,4,7-8H2,1-3H3. The van der Waals surface area contributed by atoms with Crippen molar-refractivity contribution in [1.82, 2.24) is 5.32 Å². The van der Waals surface area contributed by atoms with Crippen LogP contribution in [-0.2, 0) is 5.75 Å². The van der Waals surface area contributed by atoms with Gasteiger partial charge in [0.15, 0.2) is 0 Å². The topological polar surface area (TPSA) is 12.0 Å². The van der Waals surface area contributed by atoms with E-state index < -0.39 is 0 Å². The average Bonchev–Trinajstić information content (AvgIpc) is 2.32. The van der Waals surface area contributed by atoms with E-state index in [9.17, 15) is 4.39 Å². The molecule has 1 aromatic carbocycles. The van der Waals surface area contributed by atoms with Crippen molar-refractivity contribution in [3.05, 3.63) is 34.6 Å². The number of aryl methyl sites for hydroxylation is 1. The summed E-state index contributed by atoms with van der Waals surface area (Å²) >= 11 is 1.91. The van der Waals surface area contributed by atoms with Gasteiger partial charge in [-0.05, 0) is 37.1 Å². The van der Waals surface area contributed by atoms with Crippen molar-refractivity contribution in [3.63, 3.8) is 0 Å². The number of halogens is 1. The molecular weight excluding hydrogens is 233 g/mol. The highest BCUT2D eigenvalue weighted by Crippen LogP contribution is 2.40. The fraction of sp³-hybridized carbons (Fsp3) is 0.571. The first-order valence-corrected chi connectivity index (χ1v) is 7.33. The van der Waals surface area contributed by atoms with Crippen molar-refractivity contribution >= 4 is 11.8 Å². The number of hydrogen-bond acceptors (Lipinski definition) is 2. The number of fused-ring (bicyclic) bond motifs is 1. The Balaban J connectivity index is 2.39. The molecule has 0 amide bonds. The van der Waals surface area contributed by atoms with Gasteiger partial charge in [-0.15, -0.1) is 0 Å². The van der Waals surface area contributed by atoms with Crippen molar-refractivity contribution in [2.75, 3.05) is 6.54 Å². The van der Waals surface area contributed by atoms with Gasteiger partial charge >= 0.3 is 0 Å². The second-order valence-corrected chi connectivity index (χ2v) is 6.07. The summed E-state index contributed by atoms with van der Waals surface area (Å²) in [6.45, 7) is 7.35. The molecular formula is C14H20FNS. The van der Waals surface area contributed by atoms with Crippen LogP contribution in [0.3, 0.4) is 0 Å². The first-order valence-electron chi connectivity index (χ1n) is 6.28. The van der Waals surface area contributed by atoms with Crippen LogP contribution in [0.25, 0.3) is 0 Å². The van der Waals surface area contributed by atoms with Gasteiger partial charge in [0.05, 0.1) is 0 Å². The lowest BCUT2D eigenvalue weighted by Crippen LogP contribution is -2.33. The Bertz CT molecular complexity index is 405. The lowest BCUT2D eigenvalue weighted by molar-refractivity contribution is 0.488. The van der Waals surface area contributed by atoms with Crippen molar-refractivity contribution < 1.29 is 4.39 Å². The van der Waals surface area contributed by atoms with Crippen LogP contribution in [-0.4, -0.2) is 11.8 Å². The van der Waals surface area contributed by atoms with Gasteiger partial charge in [0.1, 0.15) is 5.82 Å². The van der Waals surface area contributed by atoms with Crippen molar-refractivity contribution in [2.24, 2.45) is 0 Å². The van der Waals surface area contributed by atoms with Crippen LogP contribution in [0.4, 0.5) is 4.39 Å². The van der Waals surface area contributed by atoms with E-state index in [2.05, 4.69) is 26.1 Å². The molecule has 1 nitrogen and oxygen atoms in total. The van der Waals surface area contributed by atoms with E-state index >= 15 is 0 Å². The molecule has 3 heteroatoms. The average molecular weight is 253 g/mol. The second kappa shape index (κ2) is 5.40. The maximum absolute atomic E-state index is 14.1. The summed E-state index contributed by atoms with van der Waals surface area (Å²) in [6.07, 6.45) is 1.08. The zero-order valence-electron chi connectivity index (χ0n) is 10.7. The Morgan fingerprint density at radius 2 is 2.24 bits per heavy atom. The van der Waals surface area contributed by atoms with Crippen molar-refractivity contribution in [2.45, 2.75) is 44.2 Å². The highest BCUT2D eigenvalue weighted by molar-refractivity contribution is 7.99. The molecule has 0 bridgehead atoms. The van der Waals surface area contributed by atoms with Gasteiger partial charge in [0, 0.05) is 22.6 Å². The summed E-state index contributed by atoms with van der Waals surface area (Å²) < 4.78 is 14.1. The van der Waals surface area contributed by atoms with Crippen LogP contribution >= 0.6 is 11.8 Å². The summed E-state index contributed by atoms with van der Waals surface area (Å²) in [4.78, 5) is 0. The molecule has 17 heavy (non-hydrogen) atoms. The normalized spacial score (nSPS) is 23.5. The smallest absolute Gasteiger partial charge is 0.128 e. The highest BCUT2D eigenvalue weighted by atomic mass is 32.2. The Hall–Kier alpha value is -0.540. The van der Waals surface area contributed by atoms with Gasteiger partial charge in [-0.25, -0.2) is 4.39 Å². The van der Waals surface area contributed by atoms with E-state index in [1.165, 1.54) is 11.1 Å². The van der Waals surface area contributed by atoms with E-state index in [1.54, 1.807) is 6.07 Å². The molecule has 1 aliphatic heterocycles. The van der Waals surface area contributed by atoms with Gasteiger partial charge in [-0.1, -0.05) is 19.9 Å². The van der Waals surface area contributed by atoms with E-state index in [0.29, 0.717) is 5.25 Å². The van der Waals surface area contributed by atoms with E-state index in [0.717, 1.165) is 24.3 Å². The molecule has 2 rings (SSSR count). The third-order valence-electron chi connectivity index (χ3n) is 3.42. The fourth-order valence-corrected chi connectivity index (χ4v) is 3.62. The predicted octanol–water partition coefficient (Wildman–Crippen LogP) is 3.81. The number of hydrogen-bond donors (Lipinski definition) is 1. The Labute approximate surface area is 107 Å². The minimum Gasteiger partial charge on any atom is -0.309 e. The molecule has 94 valence electrons. The van der Waals surface area contributed by atoms with E-state index in [4.69, 9.17) is 0 Å². The monoisotopic (exact) mass is 253 g/mol. The minimum absolute atomic E-state index is 0.0497. The number of benzene rings is 1. The van der Waals surface area contributed by atoms with Gasteiger partial charge in [-0.2, -0.15) is 11.8 Å². The molecule has 0 saturated carbocycles. The summed E-state index contributed by atoms with van der Waals surface area (Å²) in [5, 5.41) is 3.92. The summed E-state index contributed by atoms with van der Waals surface area (Å²) in [7, 11) is 0. The molecule has 2 unspecified atom stereocenters. The number of thioether (sulfide) groups is 1. The van der Waals surface area contributed by atoms with Gasteiger partial charge in [0.2, 0.25) is 0 Å². The molecule has 0 fully saturated rings. The predicted molar refractivity (Wildman–Crippen MR) is 72.9 cm³/mol. The molecule has 1 aliphatic rings. The summed E-state index contributed by atoms with van der Waals surface area (Å²) in [5.41, 5.74) is 3.32. The van der Waals surface area contributed by atoms with Gasteiger partial charge in [-0.3, -0.25) is 0 Å². The second-order valence-electron chi connectivity index (χ2n) is 4.70. The van der Waals surface area contributed by atoms with Gasteiger partial charge in [0.25, 0.3) is 0 Å². The highest BCUT2D eigenvalue weighted by Gasteiger charge is 2.30. The third kappa shape index (κ3) is 2.50. The largest absolute Gasteiger partial charge is 0.309 e. The van der Waals surface area contributed by atoms with Crippen LogP contribution < -0.4 is 5.32 Å². The van der Waals surface area contributed by atoms with Crippen LogP contribution in [0, 0.1) is 12.7 Å². The van der Waals surface area contributed by atoms with Crippen LogP contribution in [0.5, 0.6) is 0 Å².